The van der Waals surface area contributed by atoms with Gasteiger partial charge in [-0.2, -0.15) is 0 Å². The smallest absolute Gasteiger partial charge is 0.264 e. The van der Waals surface area contributed by atoms with E-state index in [4.69, 9.17) is 0 Å². The molecule has 0 aromatic heterocycles. The molecule has 1 atom stereocenters. The summed E-state index contributed by atoms with van der Waals surface area (Å²) in [4.78, 5) is 2.46. The average molecular weight is 447 g/mol. The number of hydrogen-bond donors (Lipinski definition) is 1. The number of nitrogens with zero attached hydrogens (tertiary/aromatic N) is 2. The predicted molar refractivity (Wildman–Crippen MR) is 129 cm³/mol. The minimum Gasteiger partial charge on any atom is -0.390 e. The molecule has 0 saturated heterocycles. The van der Waals surface area contributed by atoms with Crippen molar-refractivity contribution in [2.24, 2.45) is 11.8 Å². The molecule has 0 heterocycles. The Labute approximate surface area is 188 Å². The van der Waals surface area contributed by atoms with Crippen LogP contribution in [-0.2, 0) is 10.0 Å². The van der Waals surface area contributed by atoms with Gasteiger partial charge in [0.15, 0.2) is 0 Å². The molecule has 0 aliphatic heterocycles. The molecule has 0 aliphatic rings. The molecule has 0 radical (unpaired) electrons. The van der Waals surface area contributed by atoms with E-state index < -0.39 is 16.1 Å². The highest BCUT2D eigenvalue weighted by molar-refractivity contribution is 7.92. The van der Waals surface area contributed by atoms with Crippen molar-refractivity contribution in [2.45, 2.75) is 52.5 Å². The highest BCUT2D eigenvalue weighted by Gasteiger charge is 2.28. The summed E-state index contributed by atoms with van der Waals surface area (Å²) in [5, 5.41) is 10.9. The first-order valence-electron chi connectivity index (χ1n) is 11.1. The van der Waals surface area contributed by atoms with E-state index in [2.05, 4.69) is 32.6 Å². The van der Waals surface area contributed by atoms with Gasteiger partial charge in [0.05, 0.1) is 23.2 Å². The topological polar surface area (TPSA) is 60.9 Å². The quantitative estimate of drug-likeness (QED) is 0.553. The minimum atomic E-state index is -3.81. The van der Waals surface area contributed by atoms with Gasteiger partial charge in [-0.05, 0) is 49.9 Å². The Morgan fingerprint density at radius 1 is 0.742 bits per heavy atom. The van der Waals surface area contributed by atoms with Gasteiger partial charge in [0, 0.05) is 19.6 Å². The fourth-order valence-corrected chi connectivity index (χ4v) is 5.20. The van der Waals surface area contributed by atoms with Crippen LogP contribution in [0.25, 0.3) is 0 Å². The molecule has 0 aliphatic carbocycles. The lowest BCUT2D eigenvalue weighted by atomic mass is 10.1. The second-order valence-corrected chi connectivity index (χ2v) is 11.2. The van der Waals surface area contributed by atoms with Crippen LogP contribution in [0.2, 0.25) is 0 Å². The van der Waals surface area contributed by atoms with E-state index in [9.17, 15) is 13.5 Å². The van der Waals surface area contributed by atoms with Gasteiger partial charge < -0.3 is 10.0 Å². The zero-order valence-corrected chi connectivity index (χ0v) is 20.6. The van der Waals surface area contributed by atoms with Gasteiger partial charge in [-0.15, -0.1) is 0 Å². The number of rotatable bonds is 11. The average Bonchev–Trinajstić information content (AvgIpc) is 2.66. The molecule has 2 aromatic rings. The van der Waals surface area contributed by atoms with Crippen LogP contribution in [0, 0.1) is 25.7 Å². The van der Waals surface area contributed by atoms with Crippen LogP contribution in [0.4, 0.5) is 5.69 Å². The number of aliphatic hydroxyl groups is 1. The van der Waals surface area contributed by atoms with Gasteiger partial charge in [0.1, 0.15) is 0 Å². The van der Waals surface area contributed by atoms with Crippen molar-refractivity contribution < 1.29 is 13.5 Å². The van der Waals surface area contributed by atoms with Crippen molar-refractivity contribution in [1.29, 1.82) is 0 Å². The molecule has 0 spiro atoms. The van der Waals surface area contributed by atoms with Crippen LogP contribution < -0.4 is 4.31 Å². The zero-order valence-electron chi connectivity index (χ0n) is 19.7. The van der Waals surface area contributed by atoms with Crippen molar-refractivity contribution in [2.75, 3.05) is 30.5 Å². The lowest BCUT2D eigenvalue weighted by molar-refractivity contribution is 0.104. The van der Waals surface area contributed by atoms with Crippen LogP contribution in [0.15, 0.2) is 53.4 Å². The lowest BCUT2D eigenvalue weighted by Gasteiger charge is -2.31. The van der Waals surface area contributed by atoms with E-state index in [0.717, 1.165) is 24.2 Å². The standard InChI is InChI=1S/C25H38N2O3S/c1-19(2)15-26(16-20(3)4)17-24(28)18-27(23-11-7-21(5)8-12-23)31(29,30)25-13-9-22(6)10-14-25/h7-14,19-20,24,28H,15-18H2,1-6H3/t24-/m1/s1. The molecular formula is C25H38N2O3S. The number of benzene rings is 2. The Morgan fingerprint density at radius 2 is 1.19 bits per heavy atom. The van der Waals surface area contributed by atoms with Crippen molar-refractivity contribution in [3.05, 3.63) is 59.7 Å². The van der Waals surface area contributed by atoms with E-state index in [1.807, 2.05) is 26.0 Å². The van der Waals surface area contributed by atoms with Crippen molar-refractivity contribution >= 4 is 15.7 Å². The van der Waals surface area contributed by atoms with Crippen LogP contribution in [0.1, 0.15) is 38.8 Å². The molecule has 0 unspecified atom stereocenters. The Hall–Kier alpha value is -1.89. The second kappa shape index (κ2) is 11.1. The number of aryl methyl sites for hydroxylation is 2. The molecule has 172 valence electrons. The van der Waals surface area contributed by atoms with E-state index in [1.165, 1.54) is 4.31 Å². The predicted octanol–water partition coefficient (Wildman–Crippen LogP) is 4.47. The second-order valence-electron chi connectivity index (χ2n) is 9.34. The summed E-state index contributed by atoms with van der Waals surface area (Å²) in [6, 6.07) is 14.2. The van der Waals surface area contributed by atoms with Gasteiger partial charge >= 0.3 is 0 Å². The number of aliphatic hydroxyl groups excluding tert-OH is 1. The summed E-state index contributed by atoms with van der Waals surface area (Å²) in [6.45, 7) is 14.7. The van der Waals surface area contributed by atoms with Gasteiger partial charge in [0.25, 0.3) is 10.0 Å². The molecule has 5 nitrogen and oxygen atoms in total. The van der Waals surface area contributed by atoms with Crippen LogP contribution in [0.3, 0.4) is 0 Å². The number of hydrogen-bond acceptors (Lipinski definition) is 4. The monoisotopic (exact) mass is 446 g/mol. The molecule has 2 aromatic carbocycles. The molecule has 1 N–H and O–H groups in total. The Kier molecular flexibility index (Phi) is 9.10. The van der Waals surface area contributed by atoms with Crippen molar-refractivity contribution in [1.82, 2.24) is 4.90 Å². The maximum Gasteiger partial charge on any atom is 0.264 e. The molecule has 0 amide bonds. The fraction of sp³-hybridized carbons (Fsp3) is 0.520. The van der Waals surface area contributed by atoms with E-state index >= 15 is 0 Å². The zero-order chi connectivity index (χ0) is 23.2. The molecule has 2 rings (SSSR count). The van der Waals surface area contributed by atoms with Crippen molar-refractivity contribution in [3.63, 3.8) is 0 Å². The summed E-state index contributed by atoms with van der Waals surface area (Å²) in [7, 11) is -3.81. The van der Waals surface area contributed by atoms with Crippen LogP contribution in [0.5, 0.6) is 0 Å². The number of sulfonamides is 1. The SMILES string of the molecule is Cc1ccc(N(C[C@H](O)CN(CC(C)C)CC(C)C)S(=O)(=O)c2ccc(C)cc2)cc1. The third-order valence-corrected chi connectivity index (χ3v) is 6.83. The van der Waals surface area contributed by atoms with E-state index in [-0.39, 0.29) is 11.4 Å². The van der Waals surface area contributed by atoms with Gasteiger partial charge in [-0.1, -0.05) is 63.1 Å². The van der Waals surface area contributed by atoms with Gasteiger partial charge in [0.2, 0.25) is 0 Å². The first-order valence-corrected chi connectivity index (χ1v) is 12.5. The van der Waals surface area contributed by atoms with Crippen LogP contribution >= 0.6 is 0 Å². The lowest BCUT2D eigenvalue weighted by Crippen LogP contribution is -2.44. The Balaban J connectivity index is 2.32. The Morgan fingerprint density at radius 3 is 1.65 bits per heavy atom. The van der Waals surface area contributed by atoms with E-state index in [1.54, 1.807) is 36.4 Å². The molecule has 0 fully saturated rings. The first-order chi connectivity index (χ1) is 14.5. The highest BCUT2D eigenvalue weighted by atomic mass is 32.2. The summed E-state index contributed by atoms with van der Waals surface area (Å²) in [5.41, 5.74) is 2.61. The Bertz CT molecular complexity index is 897. The molecule has 0 saturated carbocycles. The summed E-state index contributed by atoms with van der Waals surface area (Å²) in [6.07, 6.45) is -0.806. The molecule has 31 heavy (non-hydrogen) atoms. The maximum absolute atomic E-state index is 13.5. The number of anilines is 1. The fourth-order valence-electron chi connectivity index (χ4n) is 3.69. The third-order valence-electron chi connectivity index (χ3n) is 5.02. The van der Waals surface area contributed by atoms with Gasteiger partial charge in [-0.3, -0.25) is 4.31 Å². The summed E-state index contributed by atoms with van der Waals surface area (Å²) >= 11 is 0. The third kappa shape index (κ3) is 7.63. The highest BCUT2D eigenvalue weighted by Crippen LogP contribution is 2.25. The summed E-state index contributed by atoms with van der Waals surface area (Å²) < 4.78 is 28.4. The molecule has 6 heteroatoms. The van der Waals surface area contributed by atoms with Crippen molar-refractivity contribution in [3.8, 4) is 0 Å². The summed E-state index contributed by atoms with van der Waals surface area (Å²) in [5.74, 6) is 0.936. The molecule has 0 bridgehead atoms. The minimum absolute atomic E-state index is 0.00591. The maximum atomic E-state index is 13.5. The normalized spacial score (nSPS) is 13.2. The largest absolute Gasteiger partial charge is 0.390 e. The van der Waals surface area contributed by atoms with E-state index in [0.29, 0.717) is 24.1 Å². The first kappa shape index (κ1) is 25.4. The molecular weight excluding hydrogens is 408 g/mol. The van der Waals surface area contributed by atoms with Gasteiger partial charge in [-0.25, -0.2) is 8.42 Å². The van der Waals surface area contributed by atoms with Crippen LogP contribution in [-0.4, -0.2) is 50.7 Å².